The number of hydrogen-bond acceptors (Lipinski definition) is 4. The van der Waals surface area contributed by atoms with Gasteiger partial charge >= 0.3 is 13.2 Å². The topological polar surface area (TPSA) is 75.1 Å². The third kappa shape index (κ3) is 9.02. The molecule has 3 N–H and O–H groups in total. The molecule has 0 bridgehead atoms. The first-order valence-corrected chi connectivity index (χ1v) is 9.27. The number of nitrogens with one attached hydrogen (secondary N) is 2. The average molecular weight is 575 g/mol. The van der Waals surface area contributed by atoms with Crippen LogP contribution in [0.1, 0.15) is 24.2 Å². The van der Waals surface area contributed by atoms with Gasteiger partial charge in [0.1, 0.15) is 17.3 Å². The van der Waals surface area contributed by atoms with Gasteiger partial charge in [0.05, 0.1) is 18.2 Å². The number of benzene rings is 2. The first-order chi connectivity index (χ1) is 14.8. The minimum absolute atomic E-state index is 0. The Morgan fingerprint density at radius 1 is 1.00 bits per heavy atom. The highest BCUT2D eigenvalue weighted by molar-refractivity contribution is 14.0. The molecule has 12 heteroatoms. The van der Waals surface area contributed by atoms with Crippen LogP contribution in [0.15, 0.2) is 47.5 Å². The SMILES string of the molecule is CCNC(=NCc1c(F)cccc1OC(F)F)NCC(O)c1ccc(OC(F)F)cc1.I. The molecule has 178 valence electrons. The number of nitrogens with zero attached hydrogens (tertiary/aromatic N) is 1. The van der Waals surface area contributed by atoms with Gasteiger partial charge in [-0.1, -0.05) is 18.2 Å². The fourth-order valence-corrected chi connectivity index (χ4v) is 2.58. The van der Waals surface area contributed by atoms with Crippen LogP contribution in [0.5, 0.6) is 11.5 Å². The standard InChI is InChI=1S/C20H22F5N3O3.HI/c1-2-26-20(27-10-14-15(21)4-3-5-17(14)31-19(24)25)28-11-16(29)12-6-8-13(9-7-12)30-18(22)23;/h3-9,16,18-19,29H,2,10-11H2,1H3,(H2,26,27,28);1H. The molecule has 0 heterocycles. The molecule has 0 radical (unpaired) electrons. The van der Waals surface area contributed by atoms with Crippen LogP contribution in [-0.4, -0.2) is 37.4 Å². The number of ether oxygens (including phenoxy) is 2. The van der Waals surface area contributed by atoms with Gasteiger partial charge < -0.3 is 25.2 Å². The third-order valence-electron chi connectivity index (χ3n) is 3.98. The Balaban J connectivity index is 0.00000512. The molecule has 0 amide bonds. The second-order valence-corrected chi connectivity index (χ2v) is 6.13. The number of halogens is 6. The van der Waals surface area contributed by atoms with Gasteiger partial charge in [0.2, 0.25) is 0 Å². The molecule has 0 fully saturated rings. The van der Waals surface area contributed by atoms with E-state index in [0.29, 0.717) is 12.1 Å². The quantitative estimate of drug-likeness (QED) is 0.169. The van der Waals surface area contributed by atoms with Crippen molar-refractivity contribution in [3.8, 4) is 11.5 Å². The minimum atomic E-state index is -3.11. The fourth-order valence-electron chi connectivity index (χ4n) is 2.58. The van der Waals surface area contributed by atoms with Crippen LogP contribution < -0.4 is 20.1 Å². The zero-order chi connectivity index (χ0) is 22.8. The van der Waals surface area contributed by atoms with Crippen molar-refractivity contribution in [1.82, 2.24) is 10.6 Å². The molecule has 0 aliphatic carbocycles. The van der Waals surface area contributed by atoms with Crippen LogP contribution in [0.2, 0.25) is 0 Å². The van der Waals surface area contributed by atoms with Crippen molar-refractivity contribution in [3.05, 3.63) is 59.4 Å². The summed E-state index contributed by atoms with van der Waals surface area (Å²) < 4.78 is 72.1. The highest BCUT2D eigenvalue weighted by atomic mass is 127. The lowest BCUT2D eigenvalue weighted by Crippen LogP contribution is -2.39. The molecule has 32 heavy (non-hydrogen) atoms. The molecule has 6 nitrogen and oxygen atoms in total. The molecule has 2 aromatic rings. The summed E-state index contributed by atoms with van der Waals surface area (Å²) in [6, 6.07) is 9.03. The van der Waals surface area contributed by atoms with Gasteiger partial charge in [-0.15, -0.1) is 24.0 Å². The zero-order valence-corrected chi connectivity index (χ0v) is 19.2. The summed E-state index contributed by atoms with van der Waals surface area (Å²) in [4.78, 5) is 4.14. The number of rotatable bonds is 10. The molecule has 0 aliphatic rings. The molecule has 0 aromatic heterocycles. The summed E-state index contributed by atoms with van der Waals surface area (Å²) in [5.74, 6) is -0.907. The predicted octanol–water partition coefficient (Wildman–Crippen LogP) is 4.44. The highest BCUT2D eigenvalue weighted by Crippen LogP contribution is 2.24. The van der Waals surface area contributed by atoms with Gasteiger partial charge in [0.25, 0.3) is 0 Å². The summed E-state index contributed by atoms with van der Waals surface area (Å²) in [5, 5.41) is 16.0. The second-order valence-electron chi connectivity index (χ2n) is 6.13. The van der Waals surface area contributed by atoms with Gasteiger partial charge in [-0.25, -0.2) is 9.38 Å². The summed E-state index contributed by atoms with van der Waals surface area (Å²) >= 11 is 0. The normalized spacial score (nSPS) is 12.3. The molecule has 1 unspecified atom stereocenters. The molecular formula is C20H23F5IN3O3. The van der Waals surface area contributed by atoms with E-state index in [2.05, 4.69) is 25.1 Å². The maximum absolute atomic E-state index is 14.1. The van der Waals surface area contributed by atoms with Crippen LogP contribution in [-0.2, 0) is 6.54 Å². The third-order valence-corrected chi connectivity index (χ3v) is 3.98. The first-order valence-electron chi connectivity index (χ1n) is 9.27. The number of hydrogen-bond donors (Lipinski definition) is 3. The molecule has 2 aromatic carbocycles. The predicted molar refractivity (Wildman–Crippen MR) is 119 cm³/mol. The first kappa shape index (κ1) is 27.7. The van der Waals surface area contributed by atoms with Crippen molar-refractivity contribution in [3.63, 3.8) is 0 Å². The molecule has 0 aliphatic heterocycles. The van der Waals surface area contributed by atoms with Gasteiger partial charge in [-0.3, -0.25) is 0 Å². The summed E-state index contributed by atoms with van der Waals surface area (Å²) in [6.45, 7) is -4.14. The van der Waals surface area contributed by atoms with Gasteiger partial charge in [0.15, 0.2) is 5.96 Å². The van der Waals surface area contributed by atoms with Crippen LogP contribution in [0.3, 0.4) is 0 Å². The molecule has 0 saturated carbocycles. The maximum atomic E-state index is 14.1. The Morgan fingerprint density at radius 3 is 2.25 bits per heavy atom. The van der Waals surface area contributed by atoms with Crippen molar-refractivity contribution in [2.24, 2.45) is 4.99 Å². The van der Waals surface area contributed by atoms with Crippen LogP contribution in [0.4, 0.5) is 22.0 Å². The summed E-state index contributed by atoms with van der Waals surface area (Å²) in [5.41, 5.74) is 0.293. The monoisotopic (exact) mass is 575 g/mol. The number of alkyl halides is 4. The molecule has 0 saturated heterocycles. The molecular weight excluding hydrogens is 552 g/mol. The lowest BCUT2D eigenvalue weighted by molar-refractivity contribution is -0.0510. The molecule has 1 atom stereocenters. The number of aliphatic hydroxyl groups excluding tert-OH is 1. The Kier molecular flexibility index (Phi) is 12.1. The maximum Gasteiger partial charge on any atom is 0.387 e. The van der Waals surface area contributed by atoms with Crippen molar-refractivity contribution in [2.75, 3.05) is 13.1 Å². The lowest BCUT2D eigenvalue weighted by Gasteiger charge is -2.16. The zero-order valence-electron chi connectivity index (χ0n) is 16.9. The Morgan fingerprint density at radius 2 is 1.66 bits per heavy atom. The number of aliphatic imine (C=N–C) groups is 1. The van der Waals surface area contributed by atoms with E-state index in [1.807, 2.05) is 0 Å². The van der Waals surface area contributed by atoms with E-state index in [1.165, 1.54) is 36.4 Å². The largest absolute Gasteiger partial charge is 0.435 e. The number of aliphatic hydroxyl groups is 1. The smallest absolute Gasteiger partial charge is 0.387 e. The Bertz CT molecular complexity index is 857. The van der Waals surface area contributed by atoms with Crippen molar-refractivity contribution in [1.29, 1.82) is 0 Å². The van der Waals surface area contributed by atoms with Crippen molar-refractivity contribution < 1.29 is 36.5 Å². The second kappa shape index (κ2) is 13.9. The molecule has 0 spiro atoms. The van der Waals surface area contributed by atoms with Gasteiger partial charge in [-0.2, -0.15) is 17.6 Å². The van der Waals surface area contributed by atoms with Crippen molar-refractivity contribution >= 4 is 29.9 Å². The van der Waals surface area contributed by atoms with E-state index in [1.54, 1.807) is 6.92 Å². The van der Waals surface area contributed by atoms with E-state index < -0.39 is 25.1 Å². The summed E-state index contributed by atoms with van der Waals surface area (Å²) in [7, 11) is 0. The minimum Gasteiger partial charge on any atom is -0.435 e. The number of guanidine groups is 1. The van der Waals surface area contributed by atoms with E-state index in [4.69, 9.17) is 0 Å². The average Bonchev–Trinajstić information content (AvgIpc) is 2.71. The van der Waals surface area contributed by atoms with E-state index >= 15 is 0 Å². The summed E-state index contributed by atoms with van der Waals surface area (Å²) in [6.07, 6.45) is -1.02. The Labute approximate surface area is 198 Å². The van der Waals surface area contributed by atoms with Crippen LogP contribution in [0, 0.1) is 5.82 Å². The van der Waals surface area contributed by atoms with Gasteiger partial charge in [0, 0.05) is 13.1 Å². The fraction of sp³-hybridized carbons (Fsp3) is 0.350. The lowest BCUT2D eigenvalue weighted by atomic mass is 10.1. The van der Waals surface area contributed by atoms with E-state index in [-0.39, 0.29) is 60.1 Å². The van der Waals surface area contributed by atoms with Crippen LogP contribution >= 0.6 is 24.0 Å². The van der Waals surface area contributed by atoms with E-state index in [9.17, 15) is 27.1 Å². The van der Waals surface area contributed by atoms with Crippen LogP contribution in [0.25, 0.3) is 0 Å². The molecule has 2 rings (SSSR count). The van der Waals surface area contributed by atoms with Crippen molar-refractivity contribution in [2.45, 2.75) is 32.8 Å². The van der Waals surface area contributed by atoms with E-state index in [0.717, 1.165) is 6.07 Å². The Hall–Kier alpha value is -2.35. The van der Waals surface area contributed by atoms with Gasteiger partial charge in [-0.05, 0) is 36.8 Å². The highest BCUT2D eigenvalue weighted by Gasteiger charge is 2.14.